The molecule has 0 aliphatic rings. The lowest BCUT2D eigenvalue weighted by molar-refractivity contribution is -0.115. The summed E-state index contributed by atoms with van der Waals surface area (Å²) in [6.45, 7) is 3.57. The van der Waals surface area contributed by atoms with Crippen LogP contribution in [0.2, 0.25) is 0 Å². The van der Waals surface area contributed by atoms with Crippen LogP contribution in [0.5, 0.6) is 5.75 Å². The molecule has 0 spiro atoms. The van der Waals surface area contributed by atoms with E-state index in [0.717, 1.165) is 17.1 Å². The van der Waals surface area contributed by atoms with Crippen molar-refractivity contribution in [2.75, 3.05) is 17.7 Å². The van der Waals surface area contributed by atoms with E-state index in [9.17, 15) is 9.59 Å². The number of ether oxygens (including phenoxy) is 1. The van der Waals surface area contributed by atoms with E-state index in [0.29, 0.717) is 15.2 Å². The molecule has 0 aliphatic heterocycles. The number of nitrogens with one attached hydrogen (secondary N) is 2. The van der Waals surface area contributed by atoms with Gasteiger partial charge in [0.05, 0.1) is 23.7 Å². The van der Waals surface area contributed by atoms with Crippen LogP contribution in [-0.2, 0) is 11.8 Å². The Labute approximate surface area is 204 Å². The van der Waals surface area contributed by atoms with Crippen molar-refractivity contribution < 1.29 is 9.53 Å². The Morgan fingerprint density at radius 1 is 1.12 bits per heavy atom. The van der Waals surface area contributed by atoms with E-state index < -0.39 is 5.25 Å². The van der Waals surface area contributed by atoms with Crippen molar-refractivity contribution in [3.63, 3.8) is 0 Å². The lowest BCUT2D eigenvalue weighted by atomic mass is 10.3. The van der Waals surface area contributed by atoms with Gasteiger partial charge in [-0.2, -0.15) is 0 Å². The zero-order chi connectivity index (χ0) is 24.2. The molecule has 2 aromatic heterocycles. The summed E-state index contributed by atoms with van der Waals surface area (Å²) < 4.78 is 9.07. The van der Waals surface area contributed by atoms with Crippen molar-refractivity contribution >= 4 is 45.5 Å². The van der Waals surface area contributed by atoms with Crippen LogP contribution in [0, 0.1) is 6.92 Å². The van der Waals surface area contributed by atoms with E-state index in [-0.39, 0.29) is 17.2 Å². The molecule has 0 saturated heterocycles. The summed E-state index contributed by atoms with van der Waals surface area (Å²) in [7, 11) is 3.40. The average molecular weight is 497 g/mol. The minimum Gasteiger partial charge on any atom is -0.497 e. The largest absolute Gasteiger partial charge is 0.497 e. The smallest absolute Gasteiger partial charge is 0.295 e. The molecule has 0 radical (unpaired) electrons. The predicted octanol–water partition coefficient (Wildman–Crippen LogP) is 4.21. The second kappa shape index (κ2) is 10.1. The van der Waals surface area contributed by atoms with Gasteiger partial charge in [0.2, 0.25) is 11.0 Å². The van der Waals surface area contributed by atoms with Gasteiger partial charge in [0.25, 0.3) is 5.56 Å². The van der Waals surface area contributed by atoms with Crippen LogP contribution in [0.3, 0.4) is 0 Å². The second-order valence-corrected chi connectivity index (χ2v) is 9.98. The standard InChI is InChI=1S/C23H24N6O3S2/c1-14-19(21(31)29(28(14)3)17-8-6-5-7-9-17)25-20(30)15(2)33-23-27-26-22(34-23)24-16-10-12-18(32-4)13-11-16/h5-13,15H,1-4H3,(H,24,26)(H,25,30). The highest BCUT2D eigenvalue weighted by molar-refractivity contribution is 8.02. The van der Waals surface area contributed by atoms with Gasteiger partial charge >= 0.3 is 0 Å². The van der Waals surface area contributed by atoms with Crippen LogP contribution < -0.4 is 20.9 Å². The summed E-state index contributed by atoms with van der Waals surface area (Å²) in [6.07, 6.45) is 0. The van der Waals surface area contributed by atoms with Crippen LogP contribution in [0.25, 0.3) is 5.69 Å². The Morgan fingerprint density at radius 3 is 2.50 bits per heavy atom. The van der Waals surface area contributed by atoms with Gasteiger partial charge in [-0.3, -0.25) is 14.3 Å². The quantitative estimate of drug-likeness (QED) is 0.352. The molecule has 2 N–H and O–H groups in total. The third-order valence-corrected chi connectivity index (χ3v) is 7.22. The highest BCUT2D eigenvalue weighted by atomic mass is 32.2. The highest BCUT2D eigenvalue weighted by Gasteiger charge is 2.22. The molecule has 34 heavy (non-hydrogen) atoms. The van der Waals surface area contributed by atoms with Gasteiger partial charge in [0, 0.05) is 12.7 Å². The molecule has 11 heteroatoms. The summed E-state index contributed by atoms with van der Waals surface area (Å²) >= 11 is 2.63. The van der Waals surface area contributed by atoms with Crippen LogP contribution in [-0.4, -0.2) is 37.8 Å². The number of para-hydroxylation sites is 1. The Hall–Kier alpha value is -3.57. The normalized spacial score (nSPS) is 11.8. The first kappa shape index (κ1) is 23.6. The SMILES string of the molecule is COc1ccc(Nc2nnc(SC(C)C(=O)Nc3c(C)n(C)n(-c4ccccc4)c3=O)s2)cc1. The minimum absolute atomic E-state index is 0.267. The average Bonchev–Trinajstić information content (AvgIpc) is 3.37. The van der Waals surface area contributed by atoms with Crippen LogP contribution >= 0.6 is 23.1 Å². The summed E-state index contributed by atoms with van der Waals surface area (Å²) in [4.78, 5) is 25.9. The molecule has 0 bridgehead atoms. The van der Waals surface area contributed by atoms with Crippen molar-refractivity contribution in [1.82, 2.24) is 19.6 Å². The lowest BCUT2D eigenvalue weighted by Crippen LogP contribution is -2.27. The Morgan fingerprint density at radius 2 is 1.82 bits per heavy atom. The summed E-state index contributed by atoms with van der Waals surface area (Å²) in [5.74, 6) is 0.485. The van der Waals surface area contributed by atoms with Crippen molar-refractivity contribution in [2.24, 2.45) is 7.05 Å². The van der Waals surface area contributed by atoms with Gasteiger partial charge < -0.3 is 15.4 Å². The van der Waals surface area contributed by atoms with E-state index in [1.807, 2.05) is 54.6 Å². The number of amides is 1. The molecule has 2 heterocycles. The highest BCUT2D eigenvalue weighted by Crippen LogP contribution is 2.31. The second-order valence-electron chi connectivity index (χ2n) is 7.41. The Balaban J connectivity index is 1.42. The van der Waals surface area contributed by atoms with Gasteiger partial charge in [-0.05, 0) is 50.2 Å². The van der Waals surface area contributed by atoms with Gasteiger partial charge in [-0.15, -0.1) is 10.2 Å². The summed E-state index contributed by atoms with van der Waals surface area (Å²) in [6, 6.07) is 16.8. The minimum atomic E-state index is -0.481. The molecule has 0 saturated carbocycles. The van der Waals surface area contributed by atoms with Crippen LogP contribution in [0.1, 0.15) is 12.6 Å². The monoisotopic (exact) mass is 496 g/mol. The molecular weight excluding hydrogens is 472 g/mol. The number of aromatic nitrogens is 4. The number of thioether (sulfide) groups is 1. The molecule has 1 atom stereocenters. The topological polar surface area (TPSA) is 103 Å². The molecule has 2 aromatic carbocycles. The number of hydrogen-bond acceptors (Lipinski definition) is 8. The van der Waals surface area contributed by atoms with E-state index in [4.69, 9.17) is 4.74 Å². The van der Waals surface area contributed by atoms with Crippen LogP contribution in [0.4, 0.5) is 16.5 Å². The van der Waals surface area contributed by atoms with E-state index >= 15 is 0 Å². The zero-order valence-electron chi connectivity index (χ0n) is 19.1. The predicted molar refractivity (Wildman–Crippen MR) is 136 cm³/mol. The van der Waals surface area contributed by atoms with Crippen molar-refractivity contribution in [2.45, 2.75) is 23.4 Å². The first-order valence-corrected chi connectivity index (χ1v) is 12.1. The Bertz CT molecular complexity index is 1350. The van der Waals surface area contributed by atoms with Gasteiger partial charge in [-0.25, -0.2) is 4.68 Å². The molecule has 4 rings (SSSR count). The van der Waals surface area contributed by atoms with Crippen molar-refractivity contribution in [3.05, 3.63) is 70.6 Å². The van der Waals surface area contributed by atoms with Crippen molar-refractivity contribution in [1.29, 1.82) is 0 Å². The maximum atomic E-state index is 13.0. The fourth-order valence-corrected chi connectivity index (χ4v) is 5.16. The molecule has 0 aliphatic carbocycles. The zero-order valence-corrected chi connectivity index (χ0v) is 20.7. The van der Waals surface area contributed by atoms with E-state index in [2.05, 4.69) is 20.8 Å². The number of rotatable bonds is 8. The number of methoxy groups -OCH3 is 1. The molecular formula is C23H24N6O3S2. The number of carbonyl (C=O) groups is 1. The van der Waals surface area contributed by atoms with E-state index in [1.165, 1.54) is 27.8 Å². The molecule has 9 nitrogen and oxygen atoms in total. The number of hydrogen-bond donors (Lipinski definition) is 2. The number of nitrogens with zero attached hydrogens (tertiary/aromatic N) is 4. The number of benzene rings is 2. The maximum absolute atomic E-state index is 13.0. The lowest BCUT2D eigenvalue weighted by Gasteiger charge is -2.09. The molecule has 0 fully saturated rings. The number of anilines is 3. The molecule has 176 valence electrons. The summed E-state index contributed by atoms with van der Waals surface area (Å²) in [5, 5.41) is 14.4. The van der Waals surface area contributed by atoms with Gasteiger partial charge in [-0.1, -0.05) is 41.3 Å². The van der Waals surface area contributed by atoms with Crippen molar-refractivity contribution in [3.8, 4) is 11.4 Å². The molecule has 1 amide bonds. The van der Waals surface area contributed by atoms with Gasteiger partial charge in [0.15, 0.2) is 4.34 Å². The molecule has 4 aromatic rings. The van der Waals surface area contributed by atoms with E-state index in [1.54, 1.807) is 32.7 Å². The summed E-state index contributed by atoms with van der Waals surface area (Å²) in [5.41, 5.74) is 2.24. The first-order valence-electron chi connectivity index (χ1n) is 10.4. The fraction of sp³-hybridized carbons (Fsp3) is 0.217. The third-order valence-electron chi connectivity index (χ3n) is 5.20. The third kappa shape index (κ3) is 5.00. The Kier molecular flexibility index (Phi) is 7.03. The number of carbonyl (C=O) groups excluding carboxylic acids is 1. The fourth-order valence-electron chi connectivity index (χ4n) is 3.25. The van der Waals surface area contributed by atoms with Gasteiger partial charge in [0.1, 0.15) is 11.4 Å². The first-order chi connectivity index (χ1) is 16.4. The van der Waals surface area contributed by atoms with Crippen LogP contribution in [0.15, 0.2) is 63.7 Å². The molecule has 1 unspecified atom stereocenters. The maximum Gasteiger partial charge on any atom is 0.295 e.